The highest BCUT2D eigenvalue weighted by molar-refractivity contribution is 7.99. The molecule has 0 saturated carbocycles. The van der Waals surface area contributed by atoms with Crippen LogP contribution in [0.2, 0.25) is 10.0 Å². The van der Waals surface area contributed by atoms with E-state index in [2.05, 4.69) is 5.32 Å². The van der Waals surface area contributed by atoms with Crippen molar-refractivity contribution in [2.45, 2.75) is 23.6 Å². The molecule has 4 nitrogen and oxygen atoms in total. The second kappa shape index (κ2) is 10.7. The summed E-state index contributed by atoms with van der Waals surface area (Å²) in [6, 6.07) is 10.9. The molecule has 27 heavy (non-hydrogen) atoms. The number of para-hydroxylation sites is 1. The van der Waals surface area contributed by atoms with Crippen molar-refractivity contribution in [3.8, 4) is 0 Å². The van der Waals surface area contributed by atoms with Gasteiger partial charge >= 0.3 is 6.03 Å². The largest absolute Gasteiger partial charge is 0.396 e. The number of hydrogen-bond acceptors (Lipinski definition) is 3. The number of benzene rings is 2. The van der Waals surface area contributed by atoms with E-state index in [0.29, 0.717) is 33.9 Å². The average Bonchev–Trinajstić information content (AvgIpc) is 2.62. The van der Waals surface area contributed by atoms with Crippen LogP contribution in [0, 0.1) is 0 Å². The first-order chi connectivity index (χ1) is 12.9. The summed E-state index contributed by atoms with van der Waals surface area (Å²) >= 11 is 12.3. The van der Waals surface area contributed by atoms with Gasteiger partial charge in [-0.05, 0) is 36.2 Å². The number of carbonyl (C=O) groups is 1. The average molecular weight is 435 g/mol. The summed E-state index contributed by atoms with van der Waals surface area (Å²) in [5.74, 6) is -2.59. The highest BCUT2D eigenvalue weighted by Crippen LogP contribution is 2.32. The Morgan fingerprint density at radius 2 is 1.93 bits per heavy atom. The third kappa shape index (κ3) is 6.84. The lowest BCUT2D eigenvalue weighted by molar-refractivity contribution is 0.199. The number of urea groups is 1. The molecule has 0 atom stereocenters. The number of aliphatic hydroxyl groups is 1. The highest BCUT2D eigenvalue weighted by Gasteiger charge is 2.17. The Kier molecular flexibility index (Phi) is 8.63. The molecule has 2 N–H and O–H groups in total. The van der Waals surface area contributed by atoms with E-state index in [0.717, 1.165) is 5.56 Å². The standard InChI is InChI=1S/C18H18Cl2F2N2O2S/c19-13-7-6-12(10-14(13)20)11-24(8-3-9-25)18(26)23-15-4-1-2-5-16(15)27-17(21)22/h1-2,4-7,10,17,25H,3,8-9,11H2,(H,23,26). The molecule has 0 aliphatic heterocycles. The molecule has 0 aliphatic carbocycles. The van der Waals surface area contributed by atoms with Crippen molar-refractivity contribution < 1.29 is 18.7 Å². The Morgan fingerprint density at radius 3 is 2.59 bits per heavy atom. The summed E-state index contributed by atoms with van der Waals surface area (Å²) in [5, 5.41) is 12.5. The molecule has 2 rings (SSSR count). The fraction of sp³-hybridized carbons (Fsp3) is 0.278. The molecule has 0 heterocycles. The number of nitrogens with one attached hydrogen (secondary N) is 1. The molecular weight excluding hydrogens is 417 g/mol. The molecule has 0 fully saturated rings. The number of anilines is 1. The maximum atomic E-state index is 12.7. The molecule has 0 bridgehead atoms. The Labute approximate surface area is 170 Å². The van der Waals surface area contributed by atoms with Gasteiger partial charge in [0, 0.05) is 24.6 Å². The van der Waals surface area contributed by atoms with Crippen molar-refractivity contribution >= 4 is 46.7 Å². The molecule has 0 aliphatic rings. The number of alkyl halides is 2. The van der Waals surface area contributed by atoms with E-state index in [9.17, 15) is 13.6 Å². The van der Waals surface area contributed by atoms with Crippen molar-refractivity contribution in [2.75, 3.05) is 18.5 Å². The number of hydrogen-bond donors (Lipinski definition) is 2. The lowest BCUT2D eigenvalue weighted by Crippen LogP contribution is -2.35. The molecule has 2 amide bonds. The summed E-state index contributed by atoms with van der Waals surface area (Å²) in [7, 11) is 0. The van der Waals surface area contributed by atoms with E-state index in [1.165, 1.54) is 11.0 Å². The minimum Gasteiger partial charge on any atom is -0.396 e. The van der Waals surface area contributed by atoms with Crippen molar-refractivity contribution in [1.29, 1.82) is 0 Å². The normalized spacial score (nSPS) is 10.9. The van der Waals surface area contributed by atoms with Gasteiger partial charge in [-0.25, -0.2) is 4.79 Å². The van der Waals surface area contributed by atoms with Gasteiger partial charge in [0.25, 0.3) is 5.76 Å². The fourth-order valence-electron chi connectivity index (χ4n) is 2.34. The van der Waals surface area contributed by atoms with Crippen LogP contribution in [0.3, 0.4) is 0 Å². The van der Waals surface area contributed by atoms with E-state index in [-0.39, 0.29) is 24.6 Å². The molecule has 146 valence electrons. The van der Waals surface area contributed by atoms with Crippen LogP contribution < -0.4 is 5.32 Å². The van der Waals surface area contributed by atoms with Crippen molar-refractivity contribution in [1.82, 2.24) is 4.90 Å². The second-order valence-corrected chi connectivity index (χ2v) is 7.40. The number of nitrogens with zero attached hydrogens (tertiary/aromatic N) is 1. The van der Waals surface area contributed by atoms with Gasteiger partial charge in [0.15, 0.2) is 0 Å². The van der Waals surface area contributed by atoms with Gasteiger partial charge in [0.1, 0.15) is 0 Å². The van der Waals surface area contributed by atoms with Gasteiger partial charge in [0.05, 0.1) is 15.7 Å². The monoisotopic (exact) mass is 434 g/mol. The number of halogens is 4. The molecule has 0 radical (unpaired) electrons. The lowest BCUT2D eigenvalue weighted by atomic mass is 10.2. The highest BCUT2D eigenvalue weighted by atomic mass is 35.5. The fourth-order valence-corrected chi connectivity index (χ4v) is 3.25. The SMILES string of the molecule is O=C(Nc1ccccc1SC(F)F)N(CCCO)Cc1ccc(Cl)c(Cl)c1. The Bertz CT molecular complexity index is 781. The molecular formula is C18H18Cl2F2N2O2S. The first kappa shape index (κ1) is 21.8. The summed E-state index contributed by atoms with van der Waals surface area (Å²) in [6.45, 7) is 0.433. The van der Waals surface area contributed by atoms with Gasteiger partial charge in [0.2, 0.25) is 0 Å². The predicted molar refractivity (Wildman–Crippen MR) is 106 cm³/mol. The van der Waals surface area contributed by atoms with Crippen LogP contribution in [0.1, 0.15) is 12.0 Å². The number of rotatable bonds is 8. The maximum Gasteiger partial charge on any atom is 0.322 e. The van der Waals surface area contributed by atoms with E-state index < -0.39 is 11.8 Å². The third-order valence-electron chi connectivity index (χ3n) is 3.58. The Balaban J connectivity index is 2.16. The number of aliphatic hydroxyl groups excluding tert-OH is 1. The smallest absolute Gasteiger partial charge is 0.322 e. The van der Waals surface area contributed by atoms with E-state index in [1.807, 2.05) is 0 Å². The van der Waals surface area contributed by atoms with Crippen LogP contribution in [-0.2, 0) is 6.54 Å². The van der Waals surface area contributed by atoms with Crippen LogP contribution >= 0.6 is 35.0 Å². The van der Waals surface area contributed by atoms with Crippen LogP contribution in [0.15, 0.2) is 47.4 Å². The lowest BCUT2D eigenvalue weighted by Gasteiger charge is -2.24. The molecule has 2 aromatic carbocycles. The Morgan fingerprint density at radius 1 is 1.19 bits per heavy atom. The minimum atomic E-state index is -2.59. The van der Waals surface area contributed by atoms with Gasteiger partial charge < -0.3 is 15.3 Å². The maximum absolute atomic E-state index is 12.7. The van der Waals surface area contributed by atoms with Crippen LogP contribution in [0.25, 0.3) is 0 Å². The number of carbonyl (C=O) groups excluding carboxylic acids is 1. The van der Waals surface area contributed by atoms with E-state index in [1.54, 1.807) is 36.4 Å². The van der Waals surface area contributed by atoms with Gasteiger partial charge in [-0.2, -0.15) is 8.78 Å². The summed E-state index contributed by atoms with van der Waals surface area (Å²) in [5.41, 5.74) is 1.06. The quantitative estimate of drug-likeness (QED) is 0.521. The molecule has 0 aromatic heterocycles. The molecule has 0 spiro atoms. The zero-order chi connectivity index (χ0) is 19.8. The third-order valence-corrected chi connectivity index (χ3v) is 5.10. The molecule has 0 saturated heterocycles. The summed E-state index contributed by atoms with van der Waals surface area (Å²) in [4.78, 5) is 14.4. The van der Waals surface area contributed by atoms with Gasteiger partial charge in [-0.1, -0.05) is 53.2 Å². The summed E-state index contributed by atoms with van der Waals surface area (Å²) in [6.07, 6.45) is 0.377. The predicted octanol–water partition coefficient (Wildman–Crippen LogP) is 5.72. The first-order valence-electron chi connectivity index (χ1n) is 8.05. The second-order valence-electron chi connectivity index (χ2n) is 5.55. The molecule has 9 heteroatoms. The molecule has 0 unspecified atom stereocenters. The molecule has 2 aromatic rings. The first-order valence-corrected chi connectivity index (χ1v) is 9.69. The van der Waals surface area contributed by atoms with Crippen molar-refractivity contribution in [3.05, 3.63) is 58.1 Å². The number of thioether (sulfide) groups is 1. The zero-order valence-corrected chi connectivity index (χ0v) is 16.5. The topological polar surface area (TPSA) is 52.6 Å². The summed E-state index contributed by atoms with van der Waals surface area (Å²) < 4.78 is 25.4. The van der Waals surface area contributed by atoms with Gasteiger partial charge in [-0.15, -0.1) is 0 Å². The minimum absolute atomic E-state index is 0.0804. The van der Waals surface area contributed by atoms with Crippen molar-refractivity contribution in [2.24, 2.45) is 0 Å². The zero-order valence-electron chi connectivity index (χ0n) is 14.2. The van der Waals surface area contributed by atoms with Crippen LogP contribution in [0.5, 0.6) is 0 Å². The van der Waals surface area contributed by atoms with Crippen LogP contribution in [-0.4, -0.2) is 34.9 Å². The van der Waals surface area contributed by atoms with Gasteiger partial charge in [-0.3, -0.25) is 0 Å². The van der Waals surface area contributed by atoms with Crippen LogP contribution in [0.4, 0.5) is 19.3 Å². The van der Waals surface area contributed by atoms with E-state index >= 15 is 0 Å². The Hall–Kier alpha value is -1.54. The van der Waals surface area contributed by atoms with Crippen molar-refractivity contribution in [3.63, 3.8) is 0 Å². The number of amides is 2. The van der Waals surface area contributed by atoms with E-state index in [4.69, 9.17) is 28.3 Å².